The molecule has 19 heavy (non-hydrogen) atoms. The summed E-state index contributed by atoms with van der Waals surface area (Å²) in [4.78, 5) is 4.22. The smallest absolute Gasteiger partial charge is 0.229 e. The maximum absolute atomic E-state index is 13.7. The van der Waals surface area contributed by atoms with Gasteiger partial charge in [0.05, 0.1) is 17.9 Å². The average molecular weight is 285 g/mol. The lowest BCUT2D eigenvalue weighted by Gasteiger charge is -2.00. The highest BCUT2D eigenvalue weighted by Crippen LogP contribution is 2.24. The van der Waals surface area contributed by atoms with E-state index in [2.05, 4.69) is 10.3 Å². The Bertz CT molecular complexity index is 545. The molecule has 0 saturated carbocycles. The quantitative estimate of drug-likeness (QED) is 0.829. The van der Waals surface area contributed by atoms with Crippen LogP contribution in [0, 0.1) is 5.82 Å². The highest BCUT2D eigenvalue weighted by molar-refractivity contribution is 6.30. The molecule has 0 amide bonds. The molecule has 0 aliphatic heterocycles. The van der Waals surface area contributed by atoms with Gasteiger partial charge < -0.3 is 14.5 Å². The molecule has 0 aliphatic rings. The summed E-state index contributed by atoms with van der Waals surface area (Å²) >= 11 is 5.69. The number of hydrogen-bond donors (Lipinski definition) is 1. The van der Waals surface area contributed by atoms with Crippen LogP contribution in [0.1, 0.15) is 5.69 Å². The maximum atomic E-state index is 13.7. The van der Waals surface area contributed by atoms with E-state index in [1.54, 1.807) is 19.2 Å². The second kappa shape index (κ2) is 6.65. The van der Waals surface area contributed by atoms with Gasteiger partial charge in [-0.25, -0.2) is 9.37 Å². The van der Waals surface area contributed by atoms with Crippen molar-refractivity contribution in [2.24, 2.45) is 0 Å². The number of halogens is 2. The Hall–Kier alpha value is -1.43. The molecule has 2 aromatic rings. The molecule has 0 spiro atoms. The van der Waals surface area contributed by atoms with Gasteiger partial charge in [-0.2, -0.15) is 0 Å². The van der Waals surface area contributed by atoms with E-state index in [-0.39, 0.29) is 5.89 Å². The molecule has 0 radical (unpaired) electrons. The van der Waals surface area contributed by atoms with Gasteiger partial charge in [-0.05, 0) is 18.2 Å². The lowest BCUT2D eigenvalue weighted by atomic mass is 10.2. The van der Waals surface area contributed by atoms with Crippen molar-refractivity contribution in [2.45, 2.75) is 6.54 Å². The van der Waals surface area contributed by atoms with Crippen molar-refractivity contribution in [3.8, 4) is 11.5 Å². The van der Waals surface area contributed by atoms with E-state index < -0.39 is 5.82 Å². The number of aromatic nitrogens is 1. The number of rotatable bonds is 6. The minimum Gasteiger partial charge on any atom is -0.444 e. The predicted molar refractivity (Wildman–Crippen MR) is 70.5 cm³/mol. The average Bonchev–Trinajstić information content (AvgIpc) is 2.83. The molecule has 1 heterocycles. The molecule has 0 fully saturated rings. The highest BCUT2D eigenvalue weighted by Gasteiger charge is 2.11. The Morgan fingerprint density at radius 3 is 3.05 bits per heavy atom. The third-order valence-electron chi connectivity index (χ3n) is 2.50. The van der Waals surface area contributed by atoms with Gasteiger partial charge in [0, 0.05) is 25.2 Å². The van der Waals surface area contributed by atoms with Crippen LogP contribution in [0.5, 0.6) is 0 Å². The summed E-state index contributed by atoms with van der Waals surface area (Å²) in [5.74, 6) is -0.203. The summed E-state index contributed by atoms with van der Waals surface area (Å²) in [6, 6.07) is 4.38. The van der Waals surface area contributed by atoms with Crippen molar-refractivity contribution in [1.29, 1.82) is 0 Å². The first-order valence-corrected chi connectivity index (χ1v) is 6.18. The standard InChI is InChI=1S/C13H14ClFN2O2/c1-18-5-4-16-7-10-8-19-13(17-10)11-3-2-9(14)6-12(11)15/h2-3,6,8,16H,4-5,7H2,1H3. The van der Waals surface area contributed by atoms with Crippen molar-refractivity contribution in [1.82, 2.24) is 10.3 Å². The zero-order chi connectivity index (χ0) is 13.7. The molecule has 2 rings (SSSR count). The van der Waals surface area contributed by atoms with Gasteiger partial charge in [-0.3, -0.25) is 0 Å². The topological polar surface area (TPSA) is 47.3 Å². The van der Waals surface area contributed by atoms with E-state index in [4.69, 9.17) is 20.8 Å². The van der Waals surface area contributed by atoms with Crippen LogP contribution in [0.4, 0.5) is 4.39 Å². The molecule has 0 saturated heterocycles. The van der Waals surface area contributed by atoms with Gasteiger partial charge in [-0.15, -0.1) is 0 Å². The number of nitrogens with zero attached hydrogens (tertiary/aromatic N) is 1. The lowest BCUT2D eigenvalue weighted by Crippen LogP contribution is -2.18. The zero-order valence-electron chi connectivity index (χ0n) is 10.5. The molecule has 0 unspecified atom stereocenters. The molecule has 1 aromatic carbocycles. The summed E-state index contributed by atoms with van der Waals surface area (Å²) in [7, 11) is 1.64. The number of nitrogens with one attached hydrogen (secondary N) is 1. The largest absolute Gasteiger partial charge is 0.444 e. The van der Waals surface area contributed by atoms with Gasteiger partial charge in [0.2, 0.25) is 5.89 Å². The Kier molecular flexibility index (Phi) is 4.90. The van der Waals surface area contributed by atoms with E-state index >= 15 is 0 Å². The van der Waals surface area contributed by atoms with E-state index in [9.17, 15) is 4.39 Å². The van der Waals surface area contributed by atoms with Crippen molar-refractivity contribution in [3.05, 3.63) is 41.0 Å². The molecule has 102 valence electrons. The predicted octanol–water partition coefficient (Wildman–Crippen LogP) is 2.87. The summed E-state index contributed by atoms with van der Waals surface area (Å²) < 4.78 is 23.9. The van der Waals surface area contributed by atoms with Crippen molar-refractivity contribution in [2.75, 3.05) is 20.3 Å². The number of hydrogen-bond acceptors (Lipinski definition) is 4. The molecule has 1 aromatic heterocycles. The second-order valence-electron chi connectivity index (χ2n) is 3.94. The van der Waals surface area contributed by atoms with Crippen molar-refractivity contribution in [3.63, 3.8) is 0 Å². The first-order chi connectivity index (χ1) is 9.20. The Morgan fingerprint density at radius 1 is 1.47 bits per heavy atom. The van der Waals surface area contributed by atoms with Crippen molar-refractivity contribution >= 4 is 11.6 Å². The molecule has 0 atom stereocenters. The first-order valence-electron chi connectivity index (χ1n) is 5.80. The third kappa shape index (κ3) is 3.76. The maximum Gasteiger partial charge on any atom is 0.229 e. The van der Waals surface area contributed by atoms with Gasteiger partial charge in [0.25, 0.3) is 0 Å². The molecule has 4 nitrogen and oxygen atoms in total. The molecular formula is C13H14ClFN2O2. The van der Waals surface area contributed by atoms with Crippen LogP contribution in [0.15, 0.2) is 28.9 Å². The van der Waals surface area contributed by atoms with E-state index in [1.165, 1.54) is 12.3 Å². The fourth-order valence-electron chi connectivity index (χ4n) is 1.57. The van der Waals surface area contributed by atoms with Crippen LogP contribution in [0.25, 0.3) is 11.5 Å². The molecule has 0 aliphatic carbocycles. The van der Waals surface area contributed by atoms with Gasteiger partial charge >= 0.3 is 0 Å². The Balaban J connectivity index is 2.04. The summed E-state index contributed by atoms with van der Waals surface area (Å²) in [6.45, 7) is 1.88. The van der Waals surface area contributed by atoms with Crippen LogP contribution in [0.3, 0.4) is 0 Å². The SMILES string of the molecule is COCCNCc1coc(-c2ccc(Cl)cc2F)n1. The van der Waals surface area contributed by atoms with Crippen LogP contribution in [-0.4, -0.2) is 25.2 Å². The minimum absolute atomic E-state index is 0.248. The van der Waals surface area contributed by atoms with E-state index in [0.717, 1.165) is 0 Å². The monoisotopic (exact) mass is 284 g/mol. The summed E-state index contributed by atoms with van der Waals surface area (Å²) in [5, 5.41) is 3.47. The molecule has 0 bridgehead atoms. The molecular weight excluding hydrogens is 271 g/mol. The highest BCUT2D eigenvalue weighted by atomic mass is 35.5. The second-order valence-corrected chi connectivity index (χ2v) is 4.37. The zero-order valence-corrected chi connectivity index (χ0v) is 11.2. The first kappa shape index (κ1) is 14.0. The van der Waals surface area contributed by atoms with Crippen LogP contribution < -0.4 is 5.32 Å². The van der Waals surface area contributed by atoms with Crippen molar-refractivity contribution < 1.29 is 13.5 Å². The number of benzene rings is 1. The van der Waals surface area contributed by atoms with Gasteiger partial charge in [-0.1, -0.05) is 11.6 Å². The minimum atomic E-state index is -0.451. The number of oxazole rings is 1. The van der Waals surface area contributed by atoms with Gasteiger partial charge in [0.15, 0.2) is 0 Å². The Morgan fingerprint density at radius 2 is 2.32 bits per heavy atom. The summed E-state index contributed by atoms with van der Waals surface area (Å²) in [5.41, 5.74) is 1.01. The fraction of sp³-hybridized carbons (Fsp3) is 0.308. The van der Waals surface area contributed by atoms with Crippen LogP contribution in [-0.2, 0) is 11.3 Å². The third-order valence-corrected chi connectivity index (χ3v) is 2.74. The van der Waals surface area contributed by atoms with Gasteiger partial charge in [0.1, 0.15) is 12.1 Å². The molecule has 1 N–H and O–H groups in total. The summed E-state index contributed by atoms with van der Waals surface area (Å²) in [6.07, 6.45) is 1.50. The number of methoxy groups -OCH3 is 1. The van der Waals surface area contributed by atoms with E-state index in [1.807, 2.05) is 0 Å². The number of ether oxygens (including phenoxy) is 1. The normalized spacial score (nSPS) is 10.9. The van der Waals surface area contributed by atoms with E-state index in [0.29, 0.717) is 36.0 Å². The van der Waals surface area contributed by atoms with Crippen LogP contribution in [0.2, 0.25) is 5.02 Å². The molecule has 6 heteroatoms. The van der Waals surface area contributed by atoms with Crippen LogP contribution >= 0.6 is 11.6 Å². The fourth-order valence-corrected chi connectivity index (χ4v) is 1.72. The lowest BCUT2D eigenvalue weighted by molar-refractivity contribution is 0.199. The Labute approximate surface area is 115 Å².